The lowest BCUT2D eigenvalue weighted by Gasteiger charge is -2.39. The molecule has 4 heterocycles. The molecular weight excluding hydrogens is 314 g/mol. The van der Waals surface area contributed by atoms with Crippen molar-refractivity contribution in [2.45, 2.75) is 40.2 Å². The Labute approximate surface area is 148 Å². The fraction of sp³-hybridized carbons (Fsp3) is 0.444. The van der Waals surface area contributed by atoms with Gasteiger partial charge >= 0.3 is 0 Å². The van der Waals surface area contributed by atoms with Crippen LogP contribution in [-0.4, -0.2) is 44.9 Å². The van der Waals surface area contributed by atoms with Gasteiger partial charge in [-0.2, -0.15) is 0 Å². The maximum atomic E-state index is 6.39. The van der Waals surface area contributed by atoms with Crippen LogP contribution in [0, 0.1) is 6.92 Å². The quantitative estimate of drug-likeness (QED) is 0.907. The van der Waals surface area contributed by atoms with E-state index in [4.69, 9.17) is 5.73 Å². The fourth-order valence-electron chi connectivity index (χ4n) is 3.61. The van der Waals surface area contributed by atoms with Crippen LogP contribution in [0.4, 0.5) is 0 Å². The van der Waals surface area contributed by atoms with E-state index >= 15 is 0 Å². The largest absolute Gasteiger partial charge is 0.333 e. The normalized spacial score (nSPS) is 22.3. The Bertz CT molecular complexity index is 826. The summed E-state index contributed by atoms with van der Waals surface area (Å²) >= 11 is 0. The van der Waals surface area contributed by atoms with Gasteiger partial charge in [-0.15, -0.1) is 0 Å². The summed E-state index contributed by atoms with van der Waals surface area (Å²) in [6.07, 6.45) is 9.15. The third kappa shape index (κ3) is 2.38. The van der Waals surface area contributed by atoms with Crippen LogP contribution in [0.2, 0.25) is 0 Å². The van der Waals surface area contributed by atoms with E-state index in [9.17, 15) is 0 Å². The molecule has 3 aliphatic heterocycles. The summed E-state index contributed by atoms with van der Waals surface area (Å²) in [6, 6.07) is -0.147. The smallest absolute Gasteiger partial charge is 0.138 e. The molecule has 7 heteroatoms. The van der Waals surface area contributed by atoms with Crippen molar-refractivity contribution in [3.63, 3.8) is 0 Å². The van der Waals surface area contributed by atoms with Gasteiger partial charge in [0.25, 0.3) is 0 Å². The zero-order chi connectivity index (χ0) is 17.7. The second-order valence-corrected chi connectivity index (χ2v) is 6.66. The third-order valence-electron chi connectivity index (χ3n) is 4.93. The van der Waals surface area contributed by atoms with Gasteiger partial charge < -0.3 is 15.5 Å². The molecule has 1 unspecified atom stereocenters. The molecule has 1 aromatic rings. The molecule has 0 saturated heterocycles. The predicted octanol–water partition coefficient (Wildman–Crippen LogP) is 1.63. The SMILES string of the molecule is CCc1nc(C)cn1N1C=C2C=NC3=C(N(CC)C=C(C)C3N)N2C1. The van der Waals surface area contributed by atoms with E-state index in [1.165, 1.54) is 0 Å². The van der Waals surface area contributed by atoms with E-state index in [1.54, 1.807) is 0 Å². The third-order valence-corrected chi connectivity index (χ3v) is 4.93. The molecule has 0 saturated carbocycles. The molecular formula is C18H25N7. The zero-order valence-corrected chi connectivity index (χ0v) is 15.3. The number of fused-ring (bicyclic) bond motifs is 2. The molecule has 0 aromatic carbocycles. The molecule has 0 aliphatic carbocycles. The lowest BCUT2D eigenvalue weighted by molar-refractivity contribution is 0.299. The average molecular weight is 339 g/mol. The number of aliphatic imine (C=N–C) groups is 1. The van der Waals surface area contributed by atoms with Crippen LogP contribution in [0.25, 0.3) is 0 Å². The van der Waals surface area contributed by atoms with Gasteiger partial charge in [0.1, 0.15) is 24.0 Å². The molecule has 0 spiro atoms. The highest BCUT2D eigenvalue weighted by molar-refractivity contribution is 5.82. The molecule has 0 bridgehead atoms. The van der Waals surface area contributed by atoms with Crippen molar-refractivity contribution in [2.75, 3.05) is 18.2 Å². The van der Waals surface area contributed by atoms with Crippen molar-refractivity contribution in [3.8, 4) is 0 Å². The van der Waals surface area contributed by atoms with E-state index < -0.39 is 0 Å². The summed E-state index contributed by atoms with van der Waals surface area (Å²) < 4.78 is 2.13. The molecule has 2 N–H and O–H groups in total. The monoisotopic (exact) mass is 339 g/mol. The molecule has 1 atom stereocenters. The van der Waals surface area contributed by atoms with Gasteiger partial charge in [-0.3, -0.25) is 10.0 Å². The standard InChI is InChI=1S/C18H25N7/c1-5-15-21-13(4)9-25(15)23-10-14-7-20-17-16(19)12(3)8-22(6-2)18(17)24(14)11-23/h7-10,16H,5-6,11,19H2,1-4H3. The van der Waals surface area contributed by atoms with Crippen LogP contribution in [-0.2, 0) is 6.42 Å². The Morgan fingerprint density at radius 3 is 2.76 bits per heavy atom. The van der Waals surface area contributed by atoms with Crippen LogP contribution < -0.4 is 10.7 Å². The lowest BCUT2D eigenvalue weighted by atomic mass is 10.0. The molecule has 3 aliphatic rings. The Morgan fingerprint density at radius 1 is 1.24 bits per heavy atom. The van der Waals surface area contributed by atoms with Crippen molar-refractivity contribution in [3.05, 3.63) is 52.9 Å². The first-order chi connectivity index (χ1) is 12.0. The summed E-state index contributed by atoms with van der Waals surface area (Å²) in [6.45, 7) is 9.97. The molecule has 0 radical (unpaired) electrons. The Kier molecular flexibility index (Phi) is 3.68. The number of allylic oxidation sites excluding steroid dienone is 1. The van der Waals surface area contributed by atoms with Crippen LogP contribution in [0.5, 0.6) is 0 Å². The van der Waals surface area contributed by atoms with E-state index in [-0.39, 0.29) is 6.04 Å². The number of hydrogen-bond donors (Lipinski definition) is 1. The highest BCUT2D eigenvalue weighted by Crippen LogP contribution is 2.34. The average Bonchev–Trinajstić information content (AvgIpc) is 3.20. The zero-order valence-electron chi connectivity index (χ0n) is 15.3. The summed E-state index contributed by atoms with van der Waals surface area (Å²) in [5.41, 5.74) is 10.6. The number of imidazole rings is 1. The van der Waals surface area contributed by atoms with Gasteiger partial charge in [0.05, 0.1) is 23.6 Å². The number of aryl methyl sites for hydroxylation is 2. The summed E-state index contributed by atoms with van der Waals surface area (Å²) in [5.74, 6) is 2.15. The maximum Gasteiger partial charge on any atom is 0.138 e. The predicted molar refractivity (Wildman–Crippen MR) is 99.0 cm³/mol. The summed E-state index contributed by atoms with van der Waals surface area (Å²) in [7, 11) is 0. The Morgan fingerprint density at radius 2 is 2.04 bits per heavy atom. The van der Waals surface area contributed by atoms with Crippen molar-refractivity contribution in [2.24, 2.45) is 10.7 Å². The molecule has 25 heavy (non-hydrogen) atoms. The second kappa shape index (κ2) is 5.77. The molecule has 0 fully saturated rings. The number of rotatable bonds is 3. The van der Waals surface area contributed by atoms with Crippen LogP contribution in [0.1, 0.15) is 32.3 Å². The molecule has 1 aromatic heterocycles. The van der Waals surface area contributed by atoms with Gasteiger partial charge in [-0.05, 0) is 26.3 Å². The van der Waals surface area contributed by atoms with Gasteiger partial charge in [0.2, 0.25) is 0 Å². The van der Waals surface area contributed by atoms with Gasteiger partial charge in [-0.1, -0.05) is 6.92 Å². The molecule has 132 valence electrons. The van der Waals surface area contributed by atoms with E-state index in [0.717, 1.165) is 53.9 Å². The van der Waals surface area contributed by atoms with Crippen molar-refractivity contribution < 1.29 is 0 Å². The lowest BCUT2D eigenvalue weighted by Crippen LogP contribution is -2.44. The van der Waals surface area contributed by atoms with E-state index in [2.05, 4.69) is 68.8 Å². The minimum absolute atomic E-state index is 0.147. The summed E-state index contributed by atoms with van der Waals surface area (Å²) in [4.78, 5) is 13.8. The van der Waals surface area contributed by atoms with Gasteiger partial charge in [0.15, 0.2) is 0 Å². The number of aromatic nitrogens is 2. The van der Waals surface area contributed by atoms with Crippen LogP contribution >= 0.6 is 0 Å². The first-order valence-corrected chi connectivity index (χ1v) is 8.83. The van der Waals surface area contributed by atoms with Crippen molar-refractivity contribution >= 4 is 6.21 Å². The molecule has 4 rings (SSSR count). The van der Waals surface area contributed by atoms with Crippen LogP contribution in [0.15, 0.2) is 46.4 Å². The number of hydrogen-bond acceptors (Lipinski definition) is 6. The number of nitrogens with two attached hydrogens (primary N) is 1. The summed E-state index contributed by atoms with van der Waals surface area (Å²) in [5, 5.41) is 2.18. The van der Waals surface area contributed by atoms with Crippen LogP contribution in [0.3, 0.4) is 0 Å². The van der Waals surface area contributed by atoms with Gasteiger partial charge in [-0.25, -0.2) is 9.66 Å². The topological polar surface area (TPSA) is 65.9 Å². The first-order valence-electron chi connectivity index (χ1n) is 8.83. The maximum absolute atomic E-state index is 6.39. The minimum atomic E-state index is -0.147. The Hall–Kier alpha value is -2.54. The highest BCUT2D eigenvalue weighted by Gasteiger charge is 2.36. The minimum Gasteiger partial charge on any atom is -0.333 e. The highest BCUT2D eigenvalue weighted by atomic mass is 15.6. The second-order valence-electron chi connectivity index (χ2n) is 6.66. The van der Waals surface area contributed by atoms with Gasteiger partial charge in [0, 0.05) is 31.6 Å². The Balaban J connectivity index is 1.71. The van der Waals surface area contributed by atoms with E-state index in [1.807, 2.05) is 13.1 Å². The molecule has 7 nitrogen and oxygen atoms in total. The van der Waals surface area contributed by atoms with Crippen molar-refractivity contribution in [1.29, 1.82) is 0 Å². The number of nitrogens with zero attached hydrogens (tertiary/aromatic N) is 6. The van der Waals surface area contributed by atoms with E-state index in [0.29, 0.717) is 0 Å². The first kappa shape index (κ1) is 16.0. The molecule has 0 amide bonds. The fourth-order valence-corrected chi connectivity index (χ4v) is 3.61. The van der Waals surface area contributed by atoms with Crippen molar-refractivity contribution in [1.82, 2.24) is 19.5 Å².